The Morgan fingerprint density at radius 2 is 2.31 bits per heavy atom. The third kappa shape index (κ3) is 3.21. The molecule has 0 spiro atoms. The molecule has 2 atom stereocenters. The fraction of sp³-hybridized carbons (Fsp3) is 1.00. The summed E-state index contributed by atoms with van der Waals surface area (Å²) in [6.07, 6.45) is 0.499. The van der Waals surface area contributed by atoms with Crippen LogP contribution in [0.1, 0.15) is 13.3 Å². The Hall–Kier alpha value is -0.200. The van der Waals surface area contributed by atoms with Crippen molar-refractivity contribution >= 4 is 10.2 Å². The molecule has 1 heterocycles. The van der Waals surface area contributed by atoms with Crippen molar-refractivity contribution in [1.29, 1.82) is 0 Å². The second kappa shape index (κ2) is 3.51. The molecule has 1 N–H and O–H groups in total. The molecule has 0 radical (unpaired) electrons. The molecule has 0 aliphatic carbocycles. The van der Waals surface area contributed by atoms with Gasteiger partial charge in [0.2, 0.25) is 0 Å². The highest BCUT2D eigenvalue weighted by Gasteiger charge is 2.38. The molecule has 4 nitrogen and oxygen atoms in total. The molecule has 0 saturated carbocycles. The van der Waals surface area contributed by atoms with Gasteiger partial charge in [-0.1, -0.05) is 0 Å². The Bertz CT molecular complexity index is 279. The maximum absolute atomic E-state index is 12.4. The van der Waals surface area contributed by atoms with Gasteiger partial charge in [0.1, 0.15) is 0 Å². The first-order valence-corrected chi connectivity index (χ1v) is 5.60. The fourth-order valence-electron chi connectivity index (χ4n) is 1.66. The summed E-state index contributed by atoms with van der Waals surface area (Å²) in [6.45, 7) is 2.26. The molecular formula is C7H14FNO3S. The summed E-state index contributed by atoms with van der Waals surface area (Å²) in [5, 5.41) is 2.95. The molecule has 0 aromatic heterocycles. The van der Waals surface area contributed by atoms with E-state index in [1.165, 1.54) is 0 Å². The zero-order valence-corrected chi connectivity index (χ0v) is 8.53. The van der Waals surface area contributed by atoms with Crippen LogP contribution in [0, 0.1) is 0 Å². The minimum absolute atomic E-state index is 0.0215. The maximum atomic E-state index is 12.4. The molecular weight excluding hydrogens is 197 g/mol. The topological polar surface area (TPSA) is 55.4 Å². The molecule has 1 aliphatic heterocycles. The van der Waals surface area contributed by atoms with Gasteiger partial charge in [-0.3, -0.25) is 0 Å². The molecule has 78 valence electrons. The lowest BCUT2D eigenvalue weighted by molar-refractivity contribution is 0.114. The summed E-state index contributed by atoms with van der Waals surface area (Å²) < 4.78 is 38.3. The molecule has 0 aromatic rings. The highest BCUT2D eigenvalue weighted by Crippen LogP contribution is 2.23. The van der Waals surface area contributed by atoms with E-state index in [2.05, 4.69) is 5.32 Å². The number of rotatable bonds is 3. The van der Waals surface area contributed by atoms with Gasteiger partial charge in [-0.2, -0.15) is 8.42 Å². The van der Waals surface area contributed by atoms with Gasteiger partial charge in [-0.25, -0.2) is 0 Å². The summed E-state index contributed by atoms with van der Waals surface area (Å²) in [5.41, 5.74) is -0.686. The van der Waals surface area contributed by atoms with Crippen LogP contribution < -0.4 is 5.32 Å². The SMILES string of the molecule is COC1CNC(C)(CS(=O)(=O)F)C1. The normalized spacial score (nSPS) is 35.2. The van der Waals surface area contributed by atoms with E-state index >= 15 is 0 Å². The Morgan fingerprint density at radius 3 is 2.69 bits per heavy atom. The Morgan fingerprint density at radius 1 is 1.69 bits per heavy atom. The number of ether oxygens (including phenoxy) is 1. The van der Waals surface area contributed by atoms with Crippen molar-refractivity contribution < 1.29 is 17.0 Å². The highest BCUT2D eigenvalue weighted by molar-refractivity contribution is 7.86. The van der Waals surface area contributed by atoms with Gasteiger partial charge in [0.05, 0.1) is 11.9 Å². The smallest absolute Gasteiger partial charge is 0.304 e. The van der Waals surface area contributed by atoms with Crippen LogP contribution in [0.3, 0.4) is 0 Å². The van der Waals surface area contributed by atoms with Crippen LogP contribution in [-0.2, 0) is 15.0 Å². The first-order valence-electron chi connectivity index (χ1n) is 4.05. The molecule has 0 bridgehead atoms. The molecule has 2 unspecified atom stereocenters. The van der Waals surface area contributed by atoms with Gasteiger partial charge in [-0.15, -0.1) is 3.89 Å². The number of halogens is 1. The molecule has 13 heavy (non-hydrogen) atoms. The summed E-state index contributed by atoms with van der Waals surface area (Å²) in [4.78, 5) is 0. The van der Waals surface area contributed by atoms with Crippen molar-refractivity contribution in [2.75, 3.05) is 19.4 Å². The Balaban J connectivity index is 2.60. The van der Waals surface area contributed by atoms with E-state index < -0.39 is 21.5 Å². The molecule has 1 fully saturated rings. The molecule has 6 heteroatoms. The number of hydrogen-bond acceptors (Lipinski definition) is 4. The van der Waals surface area contributed by atoms with E-state index in [0.29, 0.717) is 13.0 Å². The quantitative estimate of drug-likeness (QED) is 0.670. The van der Waals surface area contributed by atoms with E-state index in [9.17, 15) is 12.3 Å². The average molecular weight is 211 g/mol. The van der Waals surface area contributed by atoms with E-state index in [-0.39, 0.29) is 6.10 Å². The largest absolute Gasteiger partial charge is 0.380 e. The second-order valence-electron chi connectivity index (χ2n) is 3.69. The van der Waals surface area contributed by atoms with Gasteiger partial charge in [0.25, 0.3) is 0 Å². The lowest BCUT2D eigenvalue weighted by atomic mass is 10.0. The molecule has 1 aliphatic rings. The minimum Gasteiger partial charge on any atom is -0.380 e. The van der Waals surface area contributed by atoms with Crippen LogP contribution in [0.25, 0.3) is 0 Å². The third-order valence-electron chi connectivity index (χ3n) is 2.26. The molecule has 1 saturated heterocycles. The minimum atomic E-state index is -4.42. The lowest BCUT2D eigenvalue weighted by Crippen LogP contribution is -2.42. The van der Waals surface area contributed by atoms with Gasteiger partial charge in [0, 0.05) is 19.2 Å². The van der Waals surface area contributed by atoms with E-state index in [4.69, 9.17) is 4.74 Å². The van der Waals surface area contributed by atoms with Crippen molar-refractivity contribution in [1.82, 2.24) is 5.32 Å². The summed E-state index contributed by atoms with van der Waals surface area (Å²) >= 11 is 0. The van der Waals surface area contributed by atoms with Crippen LogP contribution in [0.2, 0.25) is 0 Å². The summed E-state index contributed by atoms with van der Waals surface area (Å²) in [7, 11) is -2.86. The van der Waals surface area contributed by atoms with Crippen molar-refractivity contribution in [3.05, 3.63) is 0 Å². The predicted octanol–water partition coefficient (Wildman–Crippen LogP) is 0.0527. The van der Waals surface area contributed by atoms with E-state index in [0.717, 1.165) is 0 Å². The van der Waals surface area contributed by atoms with E-state index in [1.54, 1.807) is 14.0 Å². The van der Waals surface area contributed by atoms with Gasteiger partial charge >= 0.3 is 10.2 Å². The van der Waals surface area contributed by atoms with Crippen molar-refractivity contribution in [2.45, 2.75) is 25.0 Å². The first kappa shape index (κ1) is 10.9. The first-order chi connectivity index (χ1) is 5.85. The standard InChI is InChI=1S/C7H14FNO3S/c1-7(5-13(8,10)11)3-6(12-2)4-9-7/h6,9H,3-5H2,1-2H3. The average Bonchev–Trinajstić information content (AvgIpc) is 2.27. The third-order valence-corrected chi connectivity index (χ3v) is 3.24. The summed E-state index contributed by atoms with van der Waals surface area (Å²) in [5.74, 6) is -0.486. The fourth-order valence-corrected chi connectivity index (χ4v) is 2.65. The number of nitrogens with one attached hydrogen (secondary N) is 1. The zero-order chi connectivity index (χ0) is 10.1. The maximum Gasteiger partial charge on any atom is 0.304 e. The highest BCUT2D eigenvalue weighted by atomic mass is 32.3. The molecule has 0 aromatic carbocycles. The second-order valence-corrected chi connectivity index (χ2v) is 5.05. The van der Waals surface area contributed by atoms with Crippen LogP contribution in [0.5, 0.6) is 0 Å². The number of methoxy groups -OCH3 is 1. The molecule has 1 rings (SSSR count). The van der Waals surface area contributed by atoms with Crippen molar-refractivity contribution in [3.8, 4) is 0 Å². The van der Waals surface area contributed by atoms with Crippen LogP contribution >= 0.6 is 0 Å². The summed E-state index contributed by atoms with van der Waals surface area (Å²) in [6, 6.07) is 0. The monoisotopic (exact) mass is 211 g/mol. The number of hydrogen-bond donors (Lipinski definition) is 1. The van der Waals surface area contributed by atoms with Gasteiger partial charge < -0.3 is 10.1 Å². The molecule has 0 amide bonds. The Labute approximate surface area is 77.7 Å². The van der Waals surface area contributed by atoms with Gasteiger partial charge in [-0.05, 0) is 13.3 Å². The van der Waals surface area contributed by atoms with Crippen molar-refractivity contribution in [2.24, 2.45) is 0 Å². The lowest BCUT2D eigenvalue weighted by Gasteiger charge is -2.21. The Kier molecular flexibility index (Phi) is 2.94. The zero-order valence-electron chi connectivity index (χ0n) is 7.71. The van der Waals surface area contributed by atoms with Crippen molar-refractivity contribution in [3.63, 3.8) is 0 Å². The van der Waals surface area contributed by atoms with Crippen LogP contribution in [0.4, 0.5) is 3.89 Å². The van der Waals surface area contributed by atoms with Crippen LogP contribution in [0.15, 0.2) is 0 Å². The van der Waals surface area contributed by atoms with Gasteiger partial charge in [0.15, 0.2) is 0 Å². The van der Waals surface area contributed by atoms with Crippen LogP contribution in [-0.4, -0.2) is 39.5 Å². The predicted molar refractivity (Wildman–Crippen MR) is 46.7 cm³/mol. The van der Waals surface area contributed by atoms with E-state index in [1.807, 2.05) is 0 Å².